The molecule has 2 N–H and O–H groups in total. The summed E-state index contributed by atoms with van der Waals surface area (Å²) < 4.78 is 18.3. The largest absolute Gasteiger partial charge is 0.351 e. The molecular formula is C27H31FN6O3. The van der Waals surface area contributed by atoms with E-state index < -0.39 is 11.0 Å². The zero-order chi connectivity index (χ0) is 27.0. The highest BCUT2D eigenvalue weighted by atomic mass is 19.1. The first-order valence-electron chi connectivity index (χ1n) is 12.0. The number of allylic oxidation sites excluding steroid dienone is 2. The Kier molecular flexibility index (Phi) is 6.86. The zero-order valence-corrected chi connectivity index (χ0v) is 21.6. The number of halogens is 1. The third-order valence-corrected chi connectivity index (χ3v) is 6.40. The number of carbonyl (C=O) groups is 2. The van der Waals surface area contributed by atoms with Crippen molar-refractivity contribution in [3.8, 4) is 0 Å². The molecule has 1 aliphatic heterocycles. The molecule has 194 valence electrons. The van der Waals surface area contributed by atoms with E-state index in [4.69, 9.17) is 9.93 Å². The van der Waals surface area contributed by atoms with Gasteiger partial charge in [0.2, 0.25) is 5.76 Å². The highest BCUT2D eigenvalue weighted by Crippen LogP contribution is 2.33. The van der Waals surface area contributed by atoms with E-state index >= 15 is 0 Å². The van der Waals surface area contributed by atoms with E-state index in [1.54, 1.807) is 28.0 Å². The minimum atomic E-state index is -0.635. The Bertz CT molecular complexity index is 1330. The maximum atomic E-state index is 13.5. The molecular weight excluding hydrogens is 475 g/mol. The van der Waals surface area contributed by atoms with Crippen molar-refractivity contribution in [3.05, 3.63) is 77.5 Å². The summed E-state index contributed by atoms with van der Waals surface area (Å²) in [5.41, 5.74) is 0.817. The van der Waals surface area contributed by atoms with Crippen LogP contribution in [0.25, 0.3) is 5.57 Å². The summed E-state index contributed by atoms with van der Waals surface area (Å²) in [5, 5.41) is 12.1. The number of benzene rings is 1. The lowest BCUT2D eigenvalue weighted by atomic mass is 9.84. The van der Waals surface area contributed by atoms with Gasteiger partial charge in [-0.25, -0.2) is 9.37 Å². The smallest absolute Gasteiger partial charge is 0.292 e. The summed E-state index contributed by atoms with van der Waals surface area (Å²) in [6, 6.07) is 7.27. The second-order valence-corrected chi connectivity index (χ2v) is 10.7. The Morgan fingerprint density at radius 3 is 2.43 bits per heavy atom. The van der Waals surface area contributed by atoms with Crippen molar-refractivity contribution in [1.82, 2.24) is 24.9 Å². The second kappa shape index (κ2) is 9.76. The minimum Gasteiger partial charge on any atom is -0.351 e. The topological polar surface area (TPSA) is 119 Å². The van der Waals surface area contributed by atoms with Crippen LogP contribution in [0.15, 0.2) is 53.3 Å². The van der Waals surface area contributed by atoms with Crippen molar-refractivity contribution < 1.29 is 18.5 Å². The van der Waals surface area contributed by atoms with E-state index in [9.17, 15) is 14.0 Å². The highest BCUT2D eigenvalue weighted by molar-refractivity contribution is 6.10. The predicted molar refractivity (Wildman–Crippen MR) is 137 cm³/mol. The molecule has 2 aromatic heterocycles. The van der Waals surface area contributed by atoms with Crippen LogP contribution in [0.5, 0.6) is 0 Å². The molecule has 37 heavy (non-hydrogen) atoms. The van der Waals surface area contributed by atoms with Crippen LogP contribution >= 0.6 is 0 Å². The van der Waals surface area contributed by atoms with Crippen LogP contribution in [-0.4, -0.2) is 67.6 Å². The molecule has 0 bridgehead atoms. The van der Waals surface area contributed by atoms with Gasteiger partial charge in [-0.2, -0.15) is 0 Å². The summed E-state index contributed by atoms with van der Waals surface area (Å²) in [7, 11) is 0. The van der Waals surface area contributed by atoms with E-state index in [1.807, 2.05) is 34.6 Å². The van der Waals surface area contributed by atoms with Crippen molar-refractivity contribution >= 4 is 23.1 Å². The summed E-state index contributed by atoms with van der Waals surface area (Å²) in [4.78, 5) is 37.2. The van der Waals surface area contributed by atoms with E-state index in [1.165, 1.54) is 30.6 Å². The maximum Gasteiger partial charge on any atom is 0.292 e. The molecule has 0 saturated carbocycles. The standard InChI is InChI=1S/C27H31FN6O3/c1-26(2,3)19(14-20(29)17-6-8-18(28)9-7-17)23-30-15-21(32-23)24(35)34-13-12-33(16-27(34,4)5)25(36)22-10-11-31-37-22/h6-11,14-15,29H,12-13,16H2,1-5H3,(H,30,32)/b19-14+,29-20?. The number of rotatable bonds is 5. The monoisotopic (exact) mass is 506 g/mol. The number of hydrogen-bond donors (Lipinski definition) is 2. The van der Waals surface area contributed by atoms with Gasteiger partial charge in [0, 0.05) is 31.3 Å². The number of aromatic nitrogens is 3. The number of piperazine rings is 1. The lowest BCUT2D eigenvalue weighted by molar-refractivity contribution is 0.0150. The van der Waals surface area contributed by atoms with Crippen LogP contribution in [0.4, 0.5) is 4.39 Å². The molecule has 0 aliphatic carbocycles. The predicted octanol–water partition coefficient (Wildman–Crippen LogP) is 4.41. The summed E-state index contributed by atoms with van der Waals surface area (Å²) in [6.07, 6.45) is 4.62. The molecule has 0 spiro atoms. The number of aromatic amines is 1. The molecule has 1 aromatic carbocycles. The molecule has 3 heterocycles. The average Bonchev–Trinajstić information content (AvgIpc) is 3.53. The number of carbonyl (C=O) groups excluding carboxylic acids is 2. The first-order valence-corrected chi connectivity index (χ1v) is 12.0. The van der Waals surface area contributed by atoms with Crippen molar-refractivity contribution in [2.75, 3.05) is 19.6 Å². The van der Waals surface area contributed by atoms with E-state index in [0.29, 0.717) is 36.7 Å². The number of nitrogens with zero attached hydrogens (tertiary/aromatic N) is 4. The van der Waals surface area contributed by atoms with E-state index in [-0.39, 0.29) is 29.1 Å². The van der Waals surface area contributed by atoms with Gasteiger partial charge in [0.05, 0.1) is 23.6 Å². The van der Waals surface area contributed by atoms with Gasteiger partial charge in [0.25, 0.3) is 11.8 Å². The van der Waals surface area contributed by atoms with Crippen LogP contribution < -0.4 is 0 Å². The molecule has 0 atom stereocenters. The Morgan fingerprint density at radius 2 is 1.84 bits per heavy atom. The third-order valence-electron chi connectivity index (χ3n) is 6.40. The lowest BCUT2D eigenvalue weighted by Gasteiger charge is -2.46. The van der Waals surface area contributed by atoms with Crippen LogP contribution in [0.1, 0.15) is 67.0 Å². The summed E-state index contributed by atoms with van der Waals surface area (Å²) >= 11 is 0. The fourth-order valence-corrected chi connectivity index (χ4v) is 4.40. The van der Waals surface area contributed by atoms with Crippen LogP contribution in [0, 0.1) is 16.6 Å². The molecule has 0 unspecified atom stereocenters. The number of hydrogen-bond acceptors (Lipinski definition) is 6. The van der Waals surface area contributed by atoms with Crippen molar-refractivity contribution in [2.45, 2.75) is 40.2 Å². The van der Waals surface area contributed by atoms with Crippen molar-refractivity contribution in [2.24, 2.45) is 5.41 Å². The fraction of sp³-hybridized carbons (Fsp3) is 0.370. The van der Waals surface area contributed by atoms with E-state index in [2.05, 4.69) is 15.1 Å². The summed E-state index contributed by atoms with van der Waals surface area (Å²) in [6.45, 7) is 10.8. The first-order chi connectivity index (χ1) is 17.4. The third kappa shape index (κ3) is 5.52. The van der Waals surface area contributed by atoms with Gasteiger partial charge >= 0.3 is 0 Å². The number of H-pyrrole nitrogens is 1. The molecule has 1 aliphatic rings. The number of imidazole rings is 1. The maximum absolute atomic E-state index is 13.5. The average molecular weight is 507 g/mol. The fourth-order valence-electron chi connectivity index (χ4n) is 4.40. The molecule has 4 rings (SSSR count). The molecule has 3 aromatic rings. The molecule has 1 fully saturated rings. The molecule has 2 amide bonds. The van der Waals surface area contributed by atoms with Gasteiger partial charge in [-0.3, -0.25) is 9.59 Å². The quantitative estimate of drug-likeness (QED) is 0.497. The Balaban J connectivity index is 1.55. The SMILES string of the molecule is CC(C)(C)/C(=C/C(=N)c1ccc(F)cc1)c1ncc(C(=O)N2CCN(C(=O)c3ccno3)CC2(C)C)[nH]1. The minimum absolute atomic E-state index is 0.168. The highest BCUT2D eigenvalue weighted by Gasteiger charge is 2.40. The first kappa shape index (κ1) is 26.0. The van der Waals surface area contributed by atoms with Gasteiger partial charge in [-0.1, -0.05) is 25.9 Å². The molecule has 0 radical (unpaired) electrons. The van der Waals surface area contributed by atoms with Gasteiger partial charge in [-0.05, 0) is 55.2 Å². The lowest BCUT2D eigenvalue weighted by Crippen LogP contribution is -2.62. The van der Waals surface area contributed by atoms with Gasteiger partial charge < -0.3 is 24.7 Å². The molecule has 10 heteroatoms. The Labute approximate surface area is 214 Å². The summed E-state index contributed by atoms with van der Waals surface area (Å²) in [5.74, 6) is -0.194. The van der Waals surface area contributed by atoms with Crippen LogP contribution in [0.2, 0.25) is 0 Å². The Morgan fingerprint density at radius 1 is 1.14 bits per heavy atom. The molecule has 1 saturated heterocycles. The van der Waals surface area contributed by atoms with Gasteiger partial charge in [0.1, 0.15) is 17.3 Å². The van der Waals surface area contributed by atoms with E-state index in [0.717, 1.165) is 5.57 Å². The zero-order valence-electron chi connectivity index (χ0n) is 21.6. The Hall–Kier alpha value is -4.08. The number of amides is 2. The van der Waals surface area contributed by atoms with Crippen LogP contribution in [-0.2, 0) is 0 Å². The normalized spacial score (nSPS) is 16.1. The van der Waals surface area contributed by atoms with Gasteiger partial charge in [0.15, 0.2) is 0 Å². The van der Waals surface area contributed by atoms with Crippen molar-refractivity contribution in [1.29, 1.82) is 5.41 Å². The number of nitrogens with one attached hydrogen (secondary N) is 2. The second-order valence-electron chi connectivity index (χ2n) is 10.7. The van der Waals surface area contributed by atoms with Crippen LogP contribution in [0.3, 0.4) is 0 Å². The molecule has 9 nitrogen and oxygen atoms in total. The van der Waals surface area contributed by atoms with Crippen molar-refractivity contribution in [3.63, 3.8) is 0 Å². The van der Waals surface area contributed by atoms with Gasteiger partial charge in [-0.15, -0.1) is 0 Å².